The van der Waals surface area contributed by atoms with Gasteiger partial charge in [0.1, 0.15) is 0 Å². The lowest BCUT2D eigenvalue weighted by Gasteiger charge is -2.25. The first-order valence-electron chi connectivity index (χ1n) is 8.96. The van der Waals surface area contributed by atoms with Crippen molar-refractivity contribution in [2.75, 3.05) is 25.4 Å². The highest BCUT2D eigenvalue weighted by Gasteiger charge is 2.23. The number of amides is 1. The Morgan fingerprint density at radius 3 is 2.44 bits per heavy atom. The molecular formula is C18H27ClN2O3S. The van der Waals surface area contributed by atoms with E-state index in [1.807, 2.05) is 24.3 Å². The largest absolute Gasteiger partial charge is 0.356 e. The molecule has 5 nitrogen and oxygen atoms in total. The first-order chi connectivity index (χ1) is 12.0. The van der Waals surface area contributed by atoms with Crippen LogP contribution >= 0.6 is 11.6 Å². The Hall–Kier alpha value is -1.11. The van der Waals surface area contributed by atoms with E-state index < -0.39 is 10.0 Å². The monoisotopic (exact) mass is 386 g/mol. The Kier molecular flexibility index (Phi) is 8.19. The Bertz CT molecular complexity index is 641. The number of nitrogens with one attached hydrogen (secondary N) is 1. The molecule has 0 unspecified atom stereocenters. The Morgan fingerprint density at radius 1 is 1.08 bits per heavy atom. The lowest BCUT2D eigenvalue weighted by Crippen LogP contribution is -2.37. The fourth-order valence-electron chi connectivity index (χ4n) is 2.93. The molecule has 1 aromatic carbocycles. The van der Waals surface area contributed by atoms with Gasteiger partial charge in [-0.1, -0.05) is 30.2 Å². The third kappa shape index (κ3) is 7.34. The van der Waals surface area contributed by atoms with E-state index in [0.29, 0.717) is 43.9 Å². The summed E-state index contributed by atoms with van der Waals surface area (Å²) < 4.78 is 26.0. The zero-order chi connectivity index (χ0) is 18.1. The Morgan fingerprint density at radius 2 is 1.76 bits per heavy atom. The number of piperidine rings is 1. The number of hydrogen-bond acceptors (Lipinski definition) is 3. The Balaban J connectivity index is 1.58. The van der Waals surface area contributed by atoms with Gasteiger partial charge in [-0.2, -0.15) is 0 Å². The van der Waals surface area contributed by atoms with E-state index in [-0.39, 0.29) is 11.7 Å². The van der Waals surface area contributed by atoms with E-state index in [1.165, 1.54) is 0 Å². The number of hydrogen-bond donors (Lipinski definition) is 1. The smallest absolute Gasteiger partial charge is 0.220 e. The normalized spacial score (nSPS) is 15.9. The van der Waals surface area contributed by atoms with Gasteiger partial charge >= 0.3 is 0 Å². The zero-order valence-corrected chi connectivity index (χ0v) is 16.1. The van der Waals surface area contributed by atoms with Crippen LogP contribution in [0.25, 0.3) is 0 Å². The number of benzene rings is 1. The summed E-state index contributed by atoms with van der Waals surface area (Å²) in [4.78, 5) is 11.8. The van der Waals surface area contributed by atoms with Crippen molar-refractivity contribution in [3.8, 4) is 0 Å². The van der Waals surface area contributed by atoms with Crippen LogP contribution in [0.2, 0.25) is 5.02 Å². The van der Waals surface area contributed by atoms with Gasteiger partial charge in [0.05, 0.1) is 5.75 Å². The minimum absolute atomic E-state index is 0.0238. The summed E-state index contributed by atoms with van der Waals surface area (Å²) in [7, 11) is -3.15. The summed E-state index contributed by atoms with van der Waals surface area (Å²) in [5.41, 5.74) is 1.12. The highest BCUT2D eigenvalue weighted by atomic mass is 35.5. The molecule has 0 aliphatic carbocycles. The molecule has 0 aromatic heterocycles. The summed E-state index contributed by atoms with van der Waals surface area (Å²) in [6.45, 7) is 1.87. The molecule has 0 saturated carbocycles. The molecule has 2 rings (SSSR count). The number of sulfonamides is 1. The van der Waals surface area contributed by atoms with Crippen LogP contribution in [0.5, 0.6) is 0 Å². The topological polar surface area (TPSA) is 66.5 Å². The van der Waals surface area contributed by atoms with Crippen LogP contribution in [0.3, 0.4) is 0 Å². The van der Waals surface area contributed by atoms with Crippen molar-refractivity contribution in [3.63, 3.8) is 0 Å². The van der Waals surface area contributed by atoms with Crippen LogP contribution in [0, 0.1) is 0 Å². The van der Waals surface area contributed by atoms with Crippen LogP contribution in [0.1, 0.15) is 44.1 Å². The summed E-state index contributed by atoms with van der Waals surface area (Å²) in [6.07, 6.45) is 5.28. The lowest BCUT2D eigenvalue weighted by atomic mass is 10.1. The van der Waals surface area contributed by atoms with E-state index in [2.05, 4.69) is 5.32 Å². The summed E-state index contributed by atoms with van der Waals surface area (Å²) in [6, 6.07) is 7.56. The fourth-order valence-corrected chi connectivity index (χ4v) is 4.70. The predicted molar refractivity (Wildman–Crippen MR) is 101 cm³/mol. The maximum atomic E-state index is 12.2. The number of carbonyl (C=O) groups is 1. The van der Waals surface area contributed by atoms with Gasteiger partial charge in [0.15, 0.2) is 0 Å². The van der Waals surface area contributed by atoms with Crippen LogP contribution in [0.15, 0.2) is 24.3 Å². The second kappa shape index (κ2) is 10.1. The van der Waals surface area contributed by atoms with Gasteiger partial charge in [-0.25, -0.2) is 12.7 Å². The molecule has 1 saturated heterocycles. The zero-order valence-electron chi connectivity index (χ0n) is 14.5. The van der Waals surface area contributed by atoms with Crippen molar-refractivity contribution < 1.29 is 13.2 Å². The van der Waals surface area contributed by atoms with Crippen molar-refractivity contribution >= 4 is 27.5 Å². The van der Waals surface area contributed by atoms with Crippen molar-refractivity contribution in [1.82, 2.24) is 9.62 Å². The van der Waals surface area contributed by atoms with Gasteiger partial charge in [0, 0.05) is 31.1 Å². The van der Waals surface area contributed by atoms with Crippen molar-refractivity contribution in [3.05, 3.63) is 34.9 Å². The highest BCUT2D eigenvalue weighted by molar-refractivity contribution is 7.89. The van der Waals surface area contributed by atoms with E-state index in [1.54, 1.807) is 4.31 Å². The number of rotatable bonds is 9. The third-order valence-corrected chi connectivity index (χ3v) is 6.62. The number of unbranched alkanes of at least 4 members (excludes halogenated alkanes) is 1. The van der Waals surface area contributed by atoms with E-state index >= 15 is 0 Å². The third-order valence-electron chi connectivity index (χ3n) is 4.41. The molecule has 0 bridgehead atoms. The average Bonchev–Trinajstić information content (AvgIpc) is 2.61. The van der Waals surface area contributed by atoms with E-state index in [9.17, 15) is 13.2 Å². The van der Waals surface area contributed by atoms with Crippen molar-refractivity contribution in [2.45, 2.75) is 44.9 Å². The minimum Gasteiger partial charge on any atom is -0.356 e. The number of carbonyl (C=O) groups excluding carboxylic acids is 1. The van der Waals surface area contributed by atoms with E-state index in [0.717, 1.165) is 31.2 Å². The molecule has 0 spiro atoms. The molecule has 25 heavy (non-hydrogen) atoms. The first-order valence-corrected chi connectivity index (χ1v) is 10.9. The number of nitrogens with zero attached hydrogens (tertiary/aromatic N) is 1. The van der Waals surface area contributed by atoms with Gasteiger partial charge in [0.2, 0.25) is 15.9 Å². The van der Waals surface area contributed by atoms with Gasteiger partial charge in [0.25, 0.3) is 0 Å². The summed E-state index contributed by atoms with van der Waals surface area (Å²) in [5, 5.41) is 3.58. The van der Waals surface area contributed by atoms with Crippen molar-refractivity contribution in [1.29, 1.82) is 0 Å². The molecule has 1 N–H and O–H groups in total. The molecule has 140 valence electrons. The maximum Gasteiger partial charge on any atom is 0.220 e. The first kappa shape index (κ1) is 20.2. The number of halogens is 1. The summed E-state index contributed by atoms with van der Waals surface area (Å²) in [5.74, 6) is 0.120. The molecule has 1 heterocycles. The molecule has 0 atom stereocenters. The van der Waals surface area contributed by atoms with E-state index in [4.69, 9.17) is 11.6 Å². The predicted octanol–water partition coefficient (Wildman–Crippen LogP) is 2.98. The van der Waals surface area contributed by atoms with Gasteiger partial charge in [-0.15, -0.1) is 0 Å². The lowest BCUT2D eigenvalue weighted by molar-refractivity contribution is -0.121. The van der Waals surface area contributed by atoms with Crippen LogP contribution < -0.4 is 5.32 Å². The molecule has 0 radical (unpaired) electrons. The SMILES string of the molecule is O=C(CCCCS(=O)(=O)N1CCCCC1)NCCc1ccc(Cl)cc1. The molecular weight excluding hydrogens is 360 g/mol. The van der Waals surface area contributed by atoms with Crippen LogP contribution in [-0.4, -0.2) is 44.0 Å². The molecule has 1 fully saturated rings. The molecule has 7 heteroatoms. The maximum absolute atomic E-state index is 12.2. The van der Waals surface area contributed by atoms with Crippen LogP contribution in [-0.2, 0) is 21.2 Å². The van der Waals surface area contributed by atoms with Crippen molar-refractivity contribution in [2.24, 2.45) is 0 Å². The van der Waals surface area contributed by atoms with Gasteiger partial charge in [-0.05, 0) is 49.8 Å². The fraction of sp³-hybridized carbons (Fsp3) is 0.611. The quantitative estimate of drug-likeness (QED) is 0.663. The second-order valence-corrected chi connectivity index (χ2v) is 8.98. The second-order valence-electron chi connectivity index (χ2n) is 6.46. The molecule has 1 aromatic rings. The Labute approximate surface area is 155 Å². The molecule has 1 aliphatic rings. The highest BCUT2D eigenvalue weighted by Crippen LogP contribution is 2.15. The van der Waals surface area contributed by atoms with Gasteiger partial charge < -0.3 is 5.32 Å². The summed E-state index contributed by atoms with van der Waals surface area (Å²) >= 11 is 5.83. The van der Waals surface area contributed by atoms with Crippen LogP contribution in [0.4, 0.5) is 0 Å². The van der Waals surface area contributed by atoms with Gasteiger partial charge in [-0.3, -0.25) is 4.79 Å². The molecule has 1 aliphatic heterocycles. The minimum atomic E-state index is -3.15. The molecule has 1 amide bonds. The standard InChI is InChI=1S/C18H27ClN2O3S/c19-17-9-7-16(8-10-17)11-12-20-18(22)6-2-5-15-25(23,24)21-13-3-1-4-14-21/h7-10H,1-6,11-15H2,(H,20,22). The average molecular weight is 387 g/mol.